The summed E-state index contributed by atoms with van der Waals surface area (Å²) in [6.45, 7) is 2.31. The standard InChI is InChI=1S/C27H27Cl2N3O5S/c1-18-8-11-21(12-9-18)38(35,36)32(19-10-13-23(28)24(29)15-19)17-26(33)31-25-7-3-2-6-22(25)27(34)30-16-20-5-4-14-37-20/h2-3,6-13,15,20H,4-5,14,16-17H2,1H3,(H,30,34)(H,31,33)/t20-/m0/s1. The van der Waals surface area contributed by atoms with Crippen molar-refractivity contribution in [1.29, 1.82) is 0 Å². The molecule has 1 aliphatic rings. The Labute approximate surface area is 231 Å². The smallest absolute Gasteiger partial charge is 0.264 e. The number of nitrogens with one attached hydrogen (secondary N) is 2. The summed E-state index contributed by atoms with van der Waals surface area (Å²) in [5, 5.41) is 5.90. The first-order valence-electron chi connectivity index (χ1n) is 12.0. The molecule has 200 valence electrons. The predicted octanol–water partition coefficient (Wildman–Crippen LogP) is 5.04. The van der Waals surface area contributed by atoms with Crippen molar-refractivity contribution in [3.63, 3.8) is 0 Å². The molecule has 0 saturated carbocycles. The number of para-hydroxylation sites is 1. The Kier molecular flexibility index (Phi) is 8.94. The van der Waals surface area contributed by atoms with Crippen molar-refractivity contribution < 1.29 is 22.7 Å². The molecular weight excluding hydrogens is 549 g/mol. The molecule has 2 N–H and O–H groups in total. The first-order chi connectivity index (χ1) is 18.1. The molecule has 0 aliphatic carbocycles. The maximum Gasteiger partial charge on any atom is 0.264 e. The molecule has 1 fully saturated rings. The number of benzene rings is 3. The monoisotopic (exact) mass is 575 g/mol. The van der Waals surface area contributed by atoms with Gasteiger partial charge in [0.25, 0.3) is 15.9 Å². The van der Waals surface area contributed by atoms with Crippen LogP contribution in [-0.2, 0) is 19.6 Å². The molecule has 1 aliphatic heterocycles. The van der Waals surface area contributed by atoms with Gasteiger partial charge in [0, 0.05) is 13.2 Å². The summed E-state index contributed by atoms with van der Waals surface area (Å²) < 4.78 is 33.7. The third kappa shape index (κ3) is 6.66. The summed E-state index contributed by atoms with van der Waals surface area (Å²) >= 11 is 12.2. The van der Waals surface area contributed by atoms with E-state index in [0.29, 0.717) is 13.2 Å². The van der Waals surface area contributed by atoms with Gasteiger partial charge in [-0.05, 0) is 62.2 Å². The van der Waals surface area contributed by atoms with Crippen LogP contribution in [0.15, 0.2) is 71.6 Å². The SMILES string of the molecule is Cc1ccc(S(=O)(=O)N(CC(=O)Nc2ccccc2C(=O)NC[C@@H]2CCCO2)c2ccc(Cl)c(Cl)c2)cc1. The Morgan fingerprint density at radius 1 is 1.03 bits per heavy atom. The summed E-state index contributed by atoms with van der Waals surface area (Å²) in [4.78, 5) is 26.0. The van der Waals surface area contributed by atoms with Crippen molar-refractivity contribution in [3.05, 3.63) is 87.9 Å². The van der Waals surface area contributed by atoms with Crippen LogP contribution in [-0.4, -0.2) is 46.0 Å². The summed E-state index contributed by atoms with van der Waals surface area (Å²) in [7, 11) is -4.15. The molecule has 1 heterocycles. The number of anilines is 2. The highest BCUT2D eigenvalue weighted by Crippen LogP contribution is 2.31. The van der Waals surface area contributed by atoms with Crippen LogP contribution < -0.4 is 14.9 Å². The van der Waals surface area contributed by atoms with E-state index in [-0.39, 0.29) is 43.9 Å². The van der Waals surface area contributed by atoms with Crippen LogP contribution in [0.2, 0.25) is 10.0 Å². The van der Waals surface area contributed by atoms with Gasteiger partial charge in [0.1, 0.15) is 6.54 Å². The van der Waals surface area contributed by atoms with Crippen LogP contribution in [0.3, 0.4) is 0 Å². The van der Waals surface area contributed by atoms with Crippen LogP contribution in [0.5, 0.6) is 0 Å². The van der Waals surface area contributed by atoms with Gasteiger partial charge in [-0.1, -0.05) is 53.0 Å². The van der Waals surface area contributed by atoms with Gasteiger partial charge in [-0.3, -0.25) is 13.9 Å². The second-order valence-electron chi connectivity index (χ2n) is 8.86. The van der Waals surface area contributed by atoms with Gasteiger partial charge < -0.3 is 15.4 Å². The van der Waals surface area contributed by atoms with Crippen molar-refractivity contribution >= 4 is 56.4 Å². The molecule has 0 spiro atoms. The maximum absolute atomic E-state index is 13.6. The maximum atomic E-state index is 13.6. The van der Waals surface area contributed by atoms with Crippen molar-refractivity contribution in [2.75, 3.05) is 29.3 Å². The average Bonchev–Trinajstić information content (AvgIpc) is 3.42. The van der Waals surface area contributed by atoms with E-state index in [1.54, 1.807) is 36.4 Å². The largest absolute Gasteiger partial charge is 0.376 e. The molecule has 1 saturated heterocycles. The number of carbonyl (C=O) groups excluding carboxylic acids is 2. The third-order valence-corrected chi connectivity index (χ3v) is 8.57. The quantitative estimate of drug-likeness (QED) is 0.371. The lowest BCUT2D eigenvalue weighted by atomic mass is 10.1. The zero-order chi connectivity index (χ0) is 27.3. The molecule has 0 unspecified atom stereocenters. The number of halogens is 2. The fourth-order valence-corrected chi connectivity index (χ4v) is 5.72. The molecule has 2 amide bonds. The number of ether oxygens (including phenoxy) is 1. The molecule has 0 bridgehead atoms. The zero-order valence-electron chi connectivity index (χ0n) is 20.6. The lowest BCUT2D eigenvalue weighted by Gasteiger charge is -2.25. The fourth-order valence-electron chi connectivity index (χ4n) is 4.01. The van der Waals surface area contributed by atoms with Crippen LogP contribution in [0, 0.1) is 6.92 Å². The molecule has 3 aromatic rings. The second-order valence-corrected chi connectivity index (χ2v) is 11.5. The molecule has 38 heavy (non-hydrogen) atoms. The highest BCUT2D eigenvalue weighted by molar-refractivity contribution is 7.92. The van der Waals surface area contributed by atoms with Crippen LogP contribution in [0.4, 0.5) is 11.4 Å². The highest BCUT2D eigenvalue weighted by Gasteiger charge is 2.28. The number of sulfonamides is 1. The minimum Gasteiger partial charge on any atom is -0.376 e. The van der Waals surface area contributed by atoms with Gasteiger partial charge in [0.15, 0.2) is 0 Å². The van der Waals surface area contributed by atoms with E-state index in [0.717, 1.165) is 22.7 Å². The number of amides is 2. The molecule has 0 radical (unpaired) electrons. The minimum absolute atomic E-state index is 0.0101. The molecular formula is C27H27Cl2N3O5S. The number of rotatable bonds is 9. The Hall–Kier alpha value is -3.11. The van der Waals surface area contributed by atoms with Crippen LogP contribution in [0.1, 0.15) is 28.8 Å². The summed E-state index contributed by atoms with van der Waals surface area (Å²) in [6, 6.07) is 17.1. The van der Waals surface area contributed by atoms with E-state index in [4.69, 9.17) is 27.9 Å². The Morgan fingerprint density at radius 2 is 1.76 bits per heavy atom. The van der Waals surface area contributed by atoms with Gasteiger partial charge in [0.05, 0.1) is 38.0 Å². The van der Waals surface area contributed by atoms with E-state index >= 15 is 0 Å². The van der Waals surface area contributed by atoms with Crippen LogP contribution >= 0.6 is 23.2 Å². The molecule has 8 nitrogen and oxygen atoms in total. The lowest BCUT2D eigenvalue weighted by molar-refractivity contribution is -0.114. The fraction of sp³-hybridized carbons (Fsp3) is 0.259. The number of hydrogen-bond donors (Lipinski definition) is 2. The van der Waals surface area contributed by atoms with Gasteiger partial charge in [-0.25, -0.2) is 8.42 Å². The molecule has 11 heteroatoms. The second kappa shape index (κ2) is 12.2. The average molecular weight is 577 g/mol. The number of carbonyl (C=O) groups is 2. The van der Waals surface area contributed by atoms with Gasteiger partial charge in [0.2, 0.25) is 5.91 Å². The minimum atomic E-state index is -4.15. The topological polar surface area (TPSA) is 105 Å². The Morgan fingerprint density at radius 3 is 2.45 bits per heavy atom. The van der Waals surface area contributed by atoms with Gasteiger partial charge >= 0.3 is 0 Å². The summed E-state index contributed by atoms with van der Waals surface area (Å²) in [5.41, 5.74) is 1.56. The molecule has 4 rings (SSSR count). The normalized spacial score (nSPS) is 15.2. The molecule has 1 atom stereocenters. The van der Waals surface area contributed by atoms with Gasteiger partial charge in [-0.15, -0.1) is 0 Å². The summed E-state index contributed by atoms with van der Waals surface area (Å²) in [5.74, 6) is -1.02. The summed E-state index contributed by atoms with van der Waals surface area (Å²) in [6.07, 6.45) is 1.79. The Balaban J connectivity index is 1.57. The van der Waals surface area contributed by atoms with Gasteiger partial charge in [-0.2, -0.15) is 0 Å². The number of nitrogens with zero attached hydrogens (tertiary/aromatic N) is 1. The van der Waals surface area contributed by atoms with E-state index in [2.05, 4.69) is 10.6 Å². The van der Waals surface area contributed by atoms with Crippen molar-refractivity contribution in [3.8, 4) is 0 Å². The number of hydrogen-bond acceptors (Lipinski definition) is 5. The van der Waals surface area contributed by atoms with Crippen molar-refractivity contribution in [2.45, 2.75) is 30.8 Å². The van der Waals surface area contributed by atoms with E-state index in [1.807, 2.05) is 6.92 Å². The first kappa shape index (κ1) is 27.9. The van der Waals surface area contributed by atoms with E-state index in [9.17, 15) is 18.0 Å². The first-order valence-corrected chi connectivity index (χ1v) is 14.2. The predicted molar refractivity (Wildman–Crippen MR) is 149 cm³/mol. The van der Waals surface area contributed by atoms with Crippen molar-refractivity contribution in [1.82, 2.24) is 5.32 Å². The highest BCUT2D eigenvalue weighted by atomic mass is 35.5. The lowest BCUT2D eigenvalue weighted by Crippen LogP contribution is -2.38. The molecule has 0 aromatic heterocycles. The zero-order valence-corrected chi connectivity index (χ0v) is 22.9. The van der Waals surface area contributed by atoms with E-state index in [1.165, 1.54) is 30.3 Å². The van der Waals surface area contributed by atoms with Crippen LogP contribution in [0.25, 0.3) is 0 Å². The Bertz CT molecular complexity index is 1420. The molecule has 3 aromatic carbocycles. The van der Waals surface area contributed by atoms with Crippen molar-refractivity contribution in [2.24, 2.45) is 0 Å². The third-order valence-electron chi connectivity index (χ3n) is 6.05. The number of aryl methyl sites for hydroxylation is 1. The van der Waals surface area contributed by atoms with E-state index < -0.39 is 22.5 Å².